The van der Waals surface area contributed by atoms with E-state index in [1.807, 2.05) is 43.5 Å². The predicted molar refractivity (Wildman–Crippen MR) is 133 cm³/mol. The van der Waals surface area contributed by atoms with E-state index in [4.69, 9.17) is 9.47 Å². The molecule has 0 amide bonds. The fraction of sp³-hybridized carbons (Fsp3) is 0.440. The molecule has 1 aliphatic heterocycles. The van der Waals surface area contributed by atoms with Crippen LogP contribution in [0.5, 0.6) is 0 Å². The number of carbonyl (C=O) groups is 1. The van der Waals surface area contributed by atoms with Gasteiger partial charge in [0, 0.05) is 45.1 Å². The summed E-state index contributed by atoms with van der Waals surface area (Å²) in [6.45, 7) is 6.64. The van der Waals surface area contributed by atoms with E-state index in [1.54, 1.807) is 11.4 Å². The van der Waals surface area contributed by atoms with Crippen molar-refractivity contribution >= 4 is 22.9 Å². The molecule has 0 unspecified atom stereocenters. The fourth-order valence-electron chi connectivity index (χ4n) is 4.66. The van der Waals surface area contributed by atoms with E-state index in [0.717, 1.165) is 61.6 Å². The molecular weight excluding hydrogens is 464 g/mol. The molecule has 1 aromatic carbocycles. The first-order valence-corrected chi connectivity index (χ1v) is 12.1. The Bertz CT molecular complexity index is 1510. The van der Waals surface area contributed by atoms with Crippen LogP contribution in [0.3, 0.4) is 0 Å². The van der Waals surface area contributed by atoms with Crippen molar-refractivity contribution in [1.29, 1.82) is 0 Å². The first-order chi connectivity index (χ1) is 17.4. The minimum Gasteiger partial charge on any atom is -0.459 e. The summed E-state index contributed by atoms with van der Waals surface area (Å²) < 4.78 is 16.7. The predicted octanol–water partition coefficient (Wildman–Crippen LogP) is 0.924. The molecule has 0 N–H and O–H groups in total. The Kier molecular flexibility index (Phi) is 6.75. The third-order valence-corrected chi connectivity index (χ3v) is 6.63. The van der Waals surface area contributed by atoms with Crippen molar-refractivity contribution < 1.29 is 14.3 Å². The average Bonchev–Trinajstić information content (AvgIpc) is 3.40. The lowest BCUT2D eigenvalue weighted by atomic mass is 10.2. The molecule has 1 aliphatic rings. The third kappa shape index (κ3) is 4.59. The highest BCUT2D eigenvalue weighted by molar-refractivity contribution is 5.76. The molecule has 4 aromatic rings. The minimum atomic E-state index is -0.657. The van der Waals surface area contributed by atoms with E-state index in [0.29, 0.717) is 5.78 Å². The Morgan fingerprint density at radius 1 is 1.08 bits per heavy atom. The van der Waals surface area contributed by atoms with E-state index in [1.165, 1.54) is 4.57 Å². The quantitative estimate of drug-likeness (QED) is 0.336. The van der Waals surface area contributed by atoms with Gasteiger partial charge in [-0.3, -0.25) is 23.5 Å². The second-order valence-electron chi connectivity index (χ2n) is 9.06. The topological polar surface area (TPSA) is 105 Å². The first-order valence-electron chi connectivity index (χ1n) is 12.1. The van der Waals surface area contributed by atoms with E-state index in [9.17, 15) is 14.4 Å². The number of ether oxygens (including phenoxy) is 2. The Balaban J connectivity index is 1.41. The zero-order valence-electron chi connectivity index (χ0n) is 20.6. The summed E-state index contributed by atoms with van der Waals surface area (Å²) in [5.41, 5.74) is 1.16. The molecule has 36 heavy (non-hydrogen) atoms. The number of rotatable bonds is 8. The molecule has 0 spiro atoms. The number of morpholine rings is 1. The third-order valence-electron chi connectivity index (χ3n) is 6.63. The van der Waals surface area contributed by atoms with Gasteiger partial charge in [0.25, 0.3) is 5.56 Å². The van der Waals surface area contributed by atoms with Crippen molar-refractivity contribution in [2.45, 2.75) is 33.0 Å². The van der Waals surface area contributed by atoms with E-state index >= 15 is 0 Å². The van der Waals surface area contributed by atoms with Crippen molar-refractivity contribution in [3.63, 3.8) is 0 Å². The summed E-state index contributed by atoms with van der Waals surface area (Å²) in [7, 11) is 1.55. The van der Waals surface area contributed by atoms with Gasteiger partial charge in [-0.1, -0.05) is 30.3 Å². The van der Waals surface area contributed by atoms with Crippen molar-refractivity contribution in [2.75, 3.05) is 32.8 Å². The highest BCUT2D eigenvalue weighted by atomic mass is 16.5. The second-order valence-corrected chi connectivity index (χ2v) is 9.06. The van der Waals surface area contributed by atoms with Crippen LogP contribution in [0.4, 0.5) is 0 Å². The summed E-state index contributed by atoms with van der Waals surface area (Å²) in [6.07, 6.45) is 2.77. The van der Waals surface area contributed by atoms with Crippen LogP contribution >= 0.6 is 0 Å². The van der Waals surface area contributed by atoms with Gasteiger partial charge in [-0.2, -0.15) is 4.98 Å². The van der Waals surface area contributed by atoms with Crippen molar-refractivity contribution in [3.8, 4) is 0 Å². The van der Waals surface area contributed by atoms with Crippen LogP contribution in [0.1, 0.15) is 17.7 Å². The number of hydrogen-bond donors (Lipinski definition) is 0. The Labute approximate surface area is 207 Å². The first kappa shape index (κ1) is 24.0. The lowest BCUT2D eigenvalue weighted by molar-refractivity contribution is -0.145. The number of carbonyl (C=O) groups excluding carboxylic acids is 1. The van der Waals surface area contributed by atoms with Crippen molar-refractivity contribution in [3.05, 3.63) is 68.6 Å². The molecule has 0 atom stereocenters. The number of hydrogen-bond acceptors (Lipinski definition) is 7. The molecule has 5 rings (SSSR count). The van der Waals surface area contributed by atoms with Gasteiger partial charge in [0.15, 0.2) is 11.2 Å². The molecule has 0 radical (unpaired) electrons. The van der Waals surface area contributed by atoms with Gasteiger partial charge in [-0.25, -0.2) is 9.36 Å². The smallest absolute Gasteiger partial charge is 0.333 e. The molecule has 11 heteroatoms. The van der Waals surface area contributed by atoms with Crippen molar-refractivity contribution in [1.82, 2.24) is 28.0 Å². The zero-order chi connectivity index (χ0) is 25.2. The number of esters is 1. The van der Waals surface area contributed by atoms with Crippen LogP contribution in [0.25, 0.3) is 16.9 Å². The van der Waals surface area contributed by atoms with Gasteiger partial charge < -0.3 is 14.0 Å². The molecule has 1 saturated heterocycles. The Morgan fingerprint density at radius 3 is 2.58 bits per heavy atom. The van der Waals surface area contributed by atoms with Crippen LogP contribution in [0.2, 0.25) is 0 Å². The standard InChI is InChI=1S/C25H30N6O5/c1-18-15-30-21-22(26-24(30)29(18)10-6-9-28-11-13-35-14-12-28)27(2)25(34)31(23(21)33)16-20(32)36-17-19-7-4-3-5-8-19/h3-5,7-8,15H,6,9-14,16-17H2,1-2H3. The molecule has 3 aromatic heterocycles. The molecule has 4 heterocycles. The second kappa shape index (κ2) is 10.1. The van der Waals surface area contributed by atoms with Crippen LogP contribution < -0.4 is 11.2 Å². The lowest BCUT2D eigenvalue weighted by Gasteiger charge is -2.26. The van der Waals surface area contributed by atoms with Gasteiger partial charge in [-0.05, 0) is 18.9 Å². The molecule has 11 nitrogen and oxygen atoms in total. The maximum absolute atomic E-state index is 13.4. The largest absolute Gasteiger partial charge is 0.459 e. The van der Waals surface area contributed by atoms with Crippen LogP contribution in [-0.4, -0.2) is 66.8 Å². The summed E-state index contributed by atoms with van der Waals surface area (Å²) in [6, 6.07) is 9.23. The maximum Gasteiger partial charge on any atom is 0.333 e. The van der Waals surface area contributed by atoms with E-state index in [-0.39, 0.29) is 17.8 Å². The van der Waals surface area contributed by atoms with Gasteiger partial charge in [-0.15, -0.1) is 0 Å². The molecule has 1 fully saturated rings. The zero-order valence-corrected chi connectivity index (χ0v) is 20.6. The molecule has 0 saturated carbocycles. The Hall–Kier alpha value is -3.70. The van der Waals surface area contributed by atoms with Gasteiger partial charge in [0.05, 0.1) is 13.2 Å². The van der Waals surface area contributed by atoms with Crippen LogP contribution in [0, 0.1) is 6.92 Å². The monoisotopic (exact) mass is 494 g/mol. The van der Waals surface area contributed by atoms with Crippen molar-refractivity contribution in [2.24, 2.45) is 7.05 Å². The van der Waals surface area contributed by atoms with Crippen LogP contribution in [0.15, 0.2) is 46.1 Å². The number of fused-ring (bicyclic) bond motifs is 3. The number of imidazole rings is 2. The number of aryl methyl sites for hydroxylation is 3. The molecule has 0 aliphatic carbocycles. The van der Waals surface area contributed by atoms with Gasteiger partial charge >= 0.3 is 11.7 Å². The molecular formula is C25H30N6O5. The summed E-state index contributed by atoms with van der Waals surface area (Å²) in [5, 5.41) is 0. The maximum atomic E-state index is 13.4. The number of nitrogens with zero attached hydrogens (tertiary/aromatic N) is 6. The summed E-state index contributed by atoms with van der Waals surface area (Å²) in [5.74, 6) is -0.0593. The molecule has 190 valence electrons. The van der Waals surface area contributed by atoms with E-state index in [2.05, 4.69) is 14.5 Å². The SMILES string of the molecule is Cc1cn2c3c(=O)n(CC(=O)OCc4ccccc4)c(=O)n(C)c3nc2n1CCCN1CCOCC1. The average molecular weight is 495 g/mol. The highest BCUT2D eigenvalue weighted by Gasteiger charge is 2.22. The highest BCUT2D eigenvalue weighted by Crippen LogP contribution is 2.17. The Morgan fingerprint density at radius 2 is 1.83 bits per heavy atom. The molecule has 0 bridgehead atoms. The number of benzene rings is 1. The van der Waals surface area contributed by atoms with E-state index < -0.39 is 23.8 Å². The normalized spacial score (nSPS) is 14.6. The number of aromatic nitrogens is 5. The van der Waals surface area contributed by atoms with Crippen LogP contribution in [-0.2, 0) is 41.0 Å². The minimum absolute atomic E-state index is 0.0699. The fourth-order valence-corrected chi connectivity index (χ4v) is 4.66. The summed E-state index contributed by atoms with van der Waals surface area (Å²) >= 11 is 0. The summed E-state index contributed by atoms with van der Waals surface area (Å²) in [4.78, 5) is 45.8. The van der Waals surface area contributed by atoms with Gasteiger partial charge in [0.2, 0.25) is 5.78 Å². The lowest BCUT2D eigenvalue weighted by Crippen LogP contribution is -2.41. The van der Waals surface area contributed by atoms with Gasteiger partial charge in [0.1, 0.15) is 13.2 Å².